The summed E-state index contributed by atoms with van der Waals surface area (Å²) in [5.41, 5.74) is 9.49. The van der Waals surface area contributed by atoms with Crippen molar-refractivity contribution >= 4 is 44.3 Å². The predicted octanol–water partition coefficient (Wildman–Crippen LogP) is 4.59. The highest BCUT2D eigenvalue weighted by Gasteiger charge is 2.12. The van der Waals surface area contributed by atoms with Crippen LogP contribution in [0.1, 0.15) is 12.7 Å². The second-order valence-corrected chi connectivity index (χ2v) is 5.83. The van der Waals surface area contributed by atoms with Gasteiger partial charge in [0.1, 0.15) is 5.82 Å². The number of rotatable bonds is 2. The first-order valence-electron chi connectivity index (χ1n) is 6.32. The van der Waals surface area contributed by atoms with Crippen LogP contribution in [-0.2, 0) is 6.42 Å². The molecular formula is C15H13BrClN3. The maximum Gasteiger partial charge on any atom is 0.114 e. The third-order valence-corrected chi connectivity index (χ3v) is 4.46. The molecule has 0 radical (unpaired) electrons. The van der Waals surface area contributed by atoms with E-state index in [1.165, 1.54) is 0 Å². The number of aryl methyl sites for hydroxylation is 1. The lowest BCUT2D eigenvalue weighted by Crippen LogP contribution is -2.00. The molecule has 2 aromatic carbocycles. The third kappa shape index (κ3) is 2.19. The minimum absolute atomic E-state index is 0.682. The summed E-state index contributed by atoms with van der Waals surface area (Å²) >= 11 is 9.62. The van der Waals surface area contributed by atoms with E-state index in [4.69, 9.17) is 17.3 Å². The van der Waals surface area contributed by atoms with Gasteiger partial charge in [-0.3, -0.25) is 4.57 Å². The Morgan fingerprint density at radius 1 is 1.25 bits per heavy atom. The van der Waals surface area contributed by atoms with E-state index in [1.807, 2.05) is 36.4 Å². The predicted molar refractivity (Wildman–Crippen MR) is 87.6 cm³/mol. The molecule has 3 aromatic rings. The van der Waals surface area contributed by atoms with Crippen LogP contribution >= 0.6 is 27.5 Å². The van der Waals surface area contributed by atoms with E-state index in [-0.39, 0.29) is 0 Å². The second kappa shape index (κ2) is 5.11. The van der Waals surface area contributed by atoms with Gasteiger partial charge in [0.15, 0.2) is 0 Å². The molecule has 0 saturated carbocycles. The molecule has 0 aliphatic rings. The van der Waals surface area contributed by atoms with Crippen LogP contribution in [0.5, 0.6) is 0 Å². The van der Waals surface area contributed by atoms with Gasteiger partial charge in [-0.15, -0.1) is 0 Å². The molecule has 5 heteroatoms. The number of halogens is 2. The van der Waals surface area contributed by atoms with Crippen LogP contribution in [-0.4, -0.2) is 9.55 Å². The Morgan fingerprint density at radius 3 is 2.75 bits per heavy atom. The first kappa shape index (κ1) is 13.5. The van der Waals surface area contributed by atoms with Gasteiger partial charge in [-0.25, -0.2) is 4.98 Å². The van der Waals surface area contributed by atoms with Crippen molar-refractivity contribution in [2.75, 3.05) is 5.73 Å². The molecule has 0 saturated heterocycles. The third-order valence-electron chi connectivity index (χ3n) is 3.23. The van der Waals surface area contributed by atoms with Gasteiger partial charge in [0.2, 0.25) is 0 Å². The number of imidazole rings is 1. The van der Waals surface area contributed by atoms with Crippen molar-refractivity contribution in [3.63, 3.8) is 0 Å². The van der Waals surface area contributed by atoms with Gasteiger partial charge in [-0.2, -0.15) is 0 Å². The van der Waals surface area contributed by atoms with Gasteiger partial charge < -0.3 is 5.73 Å². The molecule has 1 aromatic heterocycles. The quantitative estimate of drug-likeness (QED) is 0.687. The maximum absolute atomic E-state index is 6.20. The van der Waals surface area contributed by atoms with Crippen LogP contribution in [0.4, 0.5) is 5.69 Å². The smallest absolute Gasteiger partial charge is 0.114 e. The van der Waals surface area contributed by atoms with E-state index in [9.17, 15) is 0 Å². The first-order chi connectivity index (χ1) is 9.60. The minimum atomic E-state index is 0.682. The number of nitrogens with zero attached hydrogens (tertiary/aromatic N) is 2. The SMILES string of the molecule is CCc1nc2cc(N)ccc2n1-c1ccc(Br)c(Cl)c1. The van der Waals surface area contributed by atoms with Crippen molar-refractivity contribution in [2.45, 2.75) is 13.3 Å². The fraction of sp³-hybridized carbons (Fsp3) is 0.133. The number of fused-ring (bicyclic) bond motifs is 1. The number of hydrogen-bond donors (Lipinski definition) is 1. The van der Waals surface area contributed by atoms with Crippen LogP contribution in [0.15, 0.2) is 40.9 Å². The van der Waals surface area contributed by atoms with Crippen molar-refractivity contribution in [3.05, 3.63) is 51.7 Å². The molecule has 20 heavy (non-hydrogen) atoms. The van der Waals surface area contributed by atoms with E-state index in [2.05, 4.69) is 32.4 Å². The highest BCUT2D eigenvalue weighted by molar-refractivity contribution is 9.10. The number of nitrogens with two attached hydrogens (primary N) is 1. The molecule has 2 N–H and O–H groups in total. The monoisotopic (exact) mass is 349 g/mol. The van der Waals surface area contributed by atoms with Gasteiger partial charge in [0.25, 0.3) is 0 Å². The van der Waals surface area contributed by atoms with Gasteiger partial charge in [0, 0.05) is 22.3 Å². The molecule has 0 aliphatic carbocycles. The molecule has 3 nitrogen and oxygen atoms in total. The molecule has 0 spiro atoms. The maximum atomic E-state index is 6.20. The number of hydrogen-bond acceptors (Lipinski definition) is 2. The Kier molecular flexibility index (Phi) is 3.44. The standard InChI is InChI=1S/C15H13BrClN3/c1-2-15-19-13-7-9(18)3-6-14(13)20(15)10-4-5-11(16)12(17)8-10/h3-8H,2,18H2,1H3. The fourth-order valence-electron chi connectivity index (χ4n) is 2.30. The Labute approximate surface area is 130 Å². The summed E-state index contributed by atoms with van der Waals surface area (Å²) in [6.45, 7) is 2.08. The van der Waals surface area contributed by atoms with E-state index >= 15 is 0 Å². The number of aromatic nitrogens is 2. The molecule has 0 atom stereocenters. The van der Waals surface area contributed by atoms with Crippen molar-refractivity contribution in [2.24, 2.45) is 0 Å². The van der Waals surface area contributed by atoms with Crippen molar-refractivity contribution in [3.8, 4) is 5.69 Å². The van der Waals surface area contributed by atoms with Gasteiger partial charge >= 0.3 is 0 Å². The summed E-state index contributed by atoms with van der Waals surface area (Å²) in [5.74, 6) is 0.990. The number of nitrogen functional groups attached to an aromatic ring is 1. The molecule has 0 aliphatic heterocycles. The molecule has 0 bridgehead atoms. The molecule has 1 heterocycles. The Morgan fingerprint density at radius 2 is 2.05 bits per heavy atom. The van der Waals surface area contributed by atoms with E-state index in [0.717, 1.165) is 39.1 Å². The van der Waals surface area contributed by atoms with Crippen LogP contribution in [0, 0.1) is 0 Å². The van der Waals surface area contributed by atoms with Crippen LogP contribution in [0.2, 0.25) is 5.02 Å². The summed E-state index contributed by atoms with van der Waals surface area (Å²) in [6, 6.07) is 11.7. The average Bonchev–Trinajstić information content (AvgIpc) is 2.79. The largest absolute Gasteiger partial charge is 0.399 e. The summed E-state index contributed by atoms with van der Waals surface area (Å²) in [7, 11) is 0. The number of benzene rings is 2. The number of anilines is 1. The lowest BCUT2D eigenvalue weighted by Gasteiger charge is -2.09. The summed E-state index contributed by atoms with van der Waals surface area (Å²) in [4.78, 5) is 4.65. The minimum Gasteiger partial charge on any atom is -0.399 e. The molecule has 0 amide bonds. The zero-order chi connectivity index (χ0) is 14.3. The topological polar surface area (TPSA) is 43.8 Å². The average molecular weight is 351 g/mol. The summed E-state index contributed by atoms with van der Waals surface area (Å²) in [6.07, 6.45) is 0.836. The van der Waals surface area contributed by atoms with Crippen molar-refractivity contribution < 1.29 is 0 Å². The van der Waals surface area contributed by atoms with Crippen molar-refractivity contribution in [1.29, 1.82) is 0 Å². The lowest BCUT2D eigenvalue weighted by molar-refractivity contribution is 0.908. The molecule has 3 rings (SSSR count). The second-order valence-electron chi connectivity index (χ2n) is 4.56. The molecule has 0 fully saturated rings. The van der Waals surface area contributed by atoms with Crippen LogP contribution < -0.4 is 5.73 Å². The van der Waals surface area contributed by atoms with E-state index < -0.39 is 0 Å². The van der Waals surface area contributed by atoms with E-state index in [1.54, 1.807) is 0 Å². The highest BCUT2D eigenvalue weighted by Crippen LogP contribution is 2.29. The Balaban J connectivity index is 2.30. The zero-order valence-electron chi connectivity index (χ0n) is 10.9. The van der Waals surface area contributed by atoms with Gasteiger partial charge in [-0.05, 0) is 52.3 Å². The molecular weight excluding hydrogens is 338 g/mol. The first-order valence-corrected chi connectivity index (χ1v) is 7.49. The lowest BCUT2D eigenvalue weighted by atomic mass is 10.2. The summed E-state index contributed by atoms with van der Waals surface area (Å²) in [5, 5.41) is 0.682. The Hall–Kier alpha value is -1.52. The van der Waals surface area contributed by atoms with Gasteiger partial charge in [-0.1, -0.05) is 18.5 Å². The van der Waals surface area contributed by atoms with Crippen LogP contribution in [0.25, 0.3) is 16.7 Å². The molecule has 102 valence electrons. The van der Waals surface area contributed by atoms with E-state index in [0.29, 0.717) is 5.02 Å². The van der Waals surface area contributed by atoms with Crippen LogP contribution in [0.3, 0.4) is 0 Å². The highest BCUT2D eigenvalue weighted by atomic mass is 79.9. The molecule has 0 unspecified atom stereocenters. The Bertz CT molecular complexity index is 795. The zero-order valence-corrected chi connectivity index (χ0v) is 13.2. The van der Waals surface area contributed by atoms with Crippen molar-refractivity contribution in [1.82, 2.24) is 9.55 Å². The van der Waals surface area contributed by atoms with Gasteiger partial charge in [0.05, 0.1) is 16.1 Å². The normalized spacial score (nSPS) is 11.2. The fourth-order valence-corrected chi connectivity index (χ4v) is 2.72. The summed E-state index contributed by atoms with van der Waals surface area (Å²) < 4.78 is 3.00.